The average molecular weight is 183 g/mol. The van der Waals surface area contributed by atoms with Gasteiger partial charge >= 0.3 is 5.97 Å². The Balaban J connectivity index is 2.74. The van der Waals surface area contributed by atoms with Gasteiger partial charge in [0.1, 0.15) is 6.04 Å². The number of aromatic nitrogens is 2. The highest BCUT2D eigenvalue weighted by molar-refractivity contribution is 5.73. The zero-order chi connectivity index (χ0) is 10.0. The molecule has 0 aliphatic carbocycles. The molecule has 72 valence electrons. The summed E-state index contributed by atoms with van der Waals surface area (Å²) < 4.78 is 1.70. The fourth-order valence-corrected chi connectivity index (χ4v) is 1.07. The maximum absolute atomic E-state index is 10.5. The van der Waals surface area contributed by atoms with Crippen LogP contribution in [-0.4, -0.2) is 26.9 Å². The Morgan fingerprint density at radius 1 is 1.85 bits per heavy atom. The lowest BCUT2D eigenvalue weighted by Crippen LogP contribution is -2.32. The molecule has 1 heterocycles. The van der Waals surface area contributed by atoms with Crippen LogP contribution >= 0.6 is 0 Å². The van der Waals surface area contributed by atoms with Crippen LogP contribution in [0.4, 0.5) is 0 Å². The van der Waals surface area contributed by atoms with E-state index >= 15 is 0 Å². The van der Waals surface area contributed by atoms with Crippen molar-refractivity contribution in [1.82, 2.24) is 9.78 Å². The van der Waals surface area contributed by atoms with Gasteiger partial charge in [0, 0.05) is 19.2 Å². The van der Waals surface area contributed by atoms with E-state index in [9.17, 15) is 4.79 Å². The van der Waals surface area contributed by atoms with Crippen LogP contribution in [0, 0.1) is 6.92 Å². The number of carboxylic acids is 1. The standard InChI is InChI=1S/C8H13N3O2/c1-5-6(4-10-11(5)2)3-7(9)8(12)13/h4,7H,3,9H2,1-2H3,(H,12,13). The molecule has 13 heavy (non-hydrogen) atoms. The number of nitrogens with zero attached hydrogens (tertiary/aromatic N) is 2. The zero-order valence-corrected chi connectivity index (χ0v) is 7.69. The number of hydrogen-bond acceptors (Lipinski definition) is 3. The number of aryl methyl sites for hydroxylation is 1. The second kappa shape index (κ2) is 3.57. The van der Waals surface area contributed by atoms with Gasteiger partial charge in [-0.1, -0.05) is 0 Å². The Hall–Kier alpha value is -1.36. The van der Waals surface area contributed by atoms with Gasteiger partial charge in [-0.2, -0.15) is 5.10 Å². The topological polar surface area (TPSA) is 81.1 Å². The fraction of sp³-hybridized carbons (Fsp3) is 0.500. The van der Waals surface area contributed by atoms with E-state index in [1.165, 1.54) is 0 Å². The number of carbonyl (C=O) groups is 1. The largest absolute Gasteiger partial charge is 0.480 e. The van der Waals surface area contributed by atoms with E-state index in [1.807, 2.05) is 14.0 Å². The van der Waals surface area contributed by atoms with E-state index in [4.69, 9.17) is 10.8 Å². The molecule has 0 aromatic carbocycles. The first kappa shape index (κ1) is 9.73. The Morgan fingerprint density at radius 3 is 2.85 bits per heavy atom. The highest BCUT2D eigenvalue weighted by Gasteiger charge is 2.14. The molecule has 0 amide bonds. The normalized spacial score (nSPS) is 12.8. The molecule has 1 aromatic heterocycles. The molecule has 0 saturated carbocycles. The molecular formula is C8H13N3O2. The molecule has 0 radical (unpaired) electrons. The van der Waals surface area contributed by atoms with Crippen LogP contribution in [0.1, 0.15) is 11.3 Å². The average Bonchev–Trinajstić information content (AvgIpc) is 2.36. The van der Waals surface area contributed by atoms with Crippen molar-refractivity contribution in [3.8, 4) is 0 Å². The van der Waals surface area contributed by atoms with Crippen molar-refractivity contribution in [3.63, 3.8) is 0 Å². The van der Waals surface area contributed by atoms with Crippen LogP contribution in [0.3, 0.4) is 0 Å². The SMILES string of the molecule is Cc1c(CC(N)C(=O)O)cnn1C. The maximum Gasteiger partial charge on any atom is 0.320 e. The third kappa shape index (κ3) is 2.06. The highest BCUT2D eigenvalue weighted by Crippen LogP contribution is 2.07. The van der Waals surface area contributed by atoms with E-state index in [-0.39, 0.29) is 0 Å². The van der Waals surface area contributed by atoms with Gasteiger partial charge in [0.2, 0.25) is 0 Å². The minimum atomic E-state index is -0.983. The van der Waals surface area contributed by atoms with Crippen LogP contribution in [0.25, 0.3) is 0 Å². The van der Waals surface area contributed by atoms with Gasteiger partial charge in [-0.05, 0) is 12.5 Å². The van der Waals surface area contributed by atoms with E-state index in [0.717, 1.165) is 11.3 Å². The number of aliphatic carboxylic acids is 1. The minimum absolute atomic E-state index is 0.328. The summed E-state index contributed by atoms with van der Waals surface area (Å²) in [6.07, 6.45) is 1.98. The second-order valence-corrected chi connectivity index (χ2v) is 3.03. The molecule has 1 aromatic rings. The Kier molecular flexibility index (Phi) is 2.67. The summed E-state index contributed by atoms with van der Waals surface area (Å²) in [5, 5.41) is 12.6. The van der Waals surface area contributed by atoms with E-state index in [2.05, 4.69) is 5.10 Å². The smallest absolute Gasteiger partial charge is 0.320 e. The van der Waals surface area contributed by atoms with E-state index in [0.29, 0.717) is 6.42 Å². The van der Waals surface area contributed by atoms with Gasteiger partial charge in [0.15, 0.2) is 0 Å². The predicted octanol–water partition coefficient (Wildman–Crippen LogP) is -0.317. The second-order valence-electron chi connectivity index (χ2n) is 3.03. The molecule has 1 atom stereocenters. The summed E-state index contributed by atoms with van der Waals surface area (Å²) >= 11 is 0. The fourth-order valence-electron chi connectivity index (χ4n) is 1.07. The Bertz CT molecular complexity index is 319. The van der Waals surface area contributed by atoms with Crippen molar-refractivity contribution in [1.29, 1.82) is 0 Å². The molecule has 5 heteroatoms. The summed E-state index contributed by atoms with van der Waals surface area (Å²) in [7, 11) is 1.81. The van der Waals surface area contributed by atoms with Gasteiger partial charge < -0.3 is 10.8 Å². The zero-order valence-electron chi connectivity index (χ0n) is 7.69. The van der Waals surface area contributed by atoms with Gasteiger partial charge in [0.25, 0.3) is 0 Å². The van der Waals surface area contributed by atoms with Crippen molar-refractivity contribution in [3.05, 3.63) is 17.5 Å². The molecule has 0 bridgehead atoms. The quantitative estimate of drug-likeness (QED) is 0.673. The molecule has 0 fully saturated rings. The van der Waals surface area contributed by atoms with Gasteiger partial charge in [-0.25, -0.2) is 0 Å². The molecule has 0 saturated heterocycles. The van der Waals surface area contributed by atoms with Gasteiger partial charge in [-0.3, -0.25) is 9.48 Å². The first-order chi connectivity index (χ1) is 6.02. The number of carboxylic acid groups (broad SMARTS) is 1. The minimum Gasteiger partial charge on any atom is -0.480 e. The number of nitrogens with two attached hydrogens (primary N) is 1. The molecule has 1 rings (SSSR count). The van der Waals surface area contributed by atoms with Crippen LogP contribution in [-0.2, 0) is 18.3 Å². The maximum atomic E-state index is 10.5. The van der Waals surface area contributed by atoms with Crippen LogP contribution in [0.15, 0.2) is 6.20 Å². The van der Waals surface area contributed by atoms with E-state index < -0.39 is 12.0 Å². The third-order valence-electron chi connectivity index (χ3n) is 2.09. The Morgan fingerprint density at radius 2 is 2.46 bits per heavy atom. The third-order valence-corrected chi connectivity index (χ3v) is 2.09. The molecule has 5 nitrogen and oxygen atoms in total. The van der Waals surface area contributed by atoms with Crippen LogP contribution in [0.5, 0.6) is 0 Å². The van der Waals surface area contributed by atoms with E-state index in [1.54, 1.807) is 10.9 Å². The number of rotatable bonds is 3. The number of hydrogen-bond donors (Lipinski definition) is 2. The summed E-state index contributed by atoms with van der Waals surface area (Å²) in [6.45, 7) is 1.89. The lowest BCUT2D eigenvalue weighted by molar-refractivity contribution is -0.138. The highest BCUT2D eigenvalue weighted by atomic mass is 16.4. The first-order valence-corrected chi connectivity index (χ1v) is 3.98. The predicted molar refractivity (Wildman–Crippen MR) is 47.3 cm³/mol. The first-order valence-electron chi connectivity index (χ1n) is 3.98. The summed E-state index contributed by atoms with van der Waals surface area (Å²) in [4.78, 5) is 10.5. The lowest BCUT2D eigenvalue weighted by atomic mass is 10.1. The van der Waals surface area contributed by atoms with Gasteiger partial charge in [0.05, 0.1) is 6.20 Å². The van der Waals surface area contributed by atoms with Gasteiger partial charge in [-0.15, -0.1) is 0 Å². The van der Waals surface area contributed by atoms with Crippen LogP contribution in [0.2, 0.25) is 0 Å². The van der Waals surface area contributed by atoms with Crippen molar-refractivity contribution >= 4 is 5.97 Å². The molecule has 0 spiro atoms. The van der Waals surface area contributed by atoms with Crippen molar-refractivity contribution in [2.24, 2.45) is 12.8 Å². The van der Waals surface area contributed by atoms with Crippen molar-refractivity contribution < 1.29 is 9.90 Å². The molecule has 3 N–H and O–H groups in total. The lowest BCUT2D eigenvalue weighted by Gasteiger charge is -2.04. The molecular weight excluding hydrogens is 170 g/mol. The molecule has 0 aliphatic rings. The van der Waals surface area contributed by atoms with Crippen molar-refractivity contribution in [2.75, 3.05) is 0 Å². The summed E-state index contributed by atoms with van der Waals surface area (Å²) in [5.41, 5.74) is 7.23. The monoisotopic (exact) mass is 183 g/mol. The Labute approximate surface area is 76.2 Å². The van der Waals surface area contributed by atoms with Crippen LogP contribution < -0.4 is 5.73 Å². The summed E-state index contributed by atoms with van der Waals surface area (Å²) in [5.74, 6) is -0.983. The summed E-state index contributed by atoms with van der Waals surface area (Å²) in [6, 6.07) is -0.845. The molecule has 0 aliphatic heterocycles. The molecule has 1 unspecified atom stereocenters. The van der Waals surface area contributed by atoms with Crippen molar-refractivity contribution in [2.45, 2.75) is 19.4 Å².